The lowest BCUT2D eigenvalue weighted by molar-refractivity contribution is 0.0783. The van der Waals surface area contributed by atoms with Crippen LogP contribution in [0.25, 0.3) is 10.8 Å². The first-order valence-corrected chi connectivity index (χ1v) is 14.7. The average Bonchev–Trinajstić information content (AvgIpc) is 3.60. The van der Waals surface area contributed by atoms with Gasteiger partial charge >= 0.3 is 0 Å². The standard InChI is InChI=1S/C31H31BrN2OS/c32-30-11-10-28(26-8-4-5-9-27(26)30)31(35)34-19-25(29(20-34)24-14-17-36-21-24)18-33-15-12-23(13-16-33)22-6-2-1-3-7-22/h1-11,14,17,21,23,25,29H,12-13,15-16,18-20H2. The summed E-state index contributed by atoms with van der Waals surface area (Å²) >= 11 is 5.41. The fourth-order valence-corrected chi connectivity index (χ4v) is 7.41. The Kier molecular flexibility index (Phi) is 6.96. The van der Waals surface area contributed by atoms with Crippen LogP contribution >= 0.6 is 27.3 Å². The molecule has 3 heterocycles. The third-order valence-corrected chi connectivity index (χ3v) is 9.55. The molecule has 4 aromatic rings. The molecule has 0 spiro atoms. The van der Waals surface area contributed by atoms with E-state index in [2.05, 4.69) is 85.0 Å². The van der Waals surface area contributed by atoms with Crippen LogP contribution in [0.4, 0.5) is 0 Å². The molecule has 1 aromatic heterocycles. The molecule has 2 fully saturated rings. The SMILES string of the molecule is O=C(c1ccc(Br)c2ccccc12)N1CC(CN2CCC(c3ccccc3)CC2)C(c2ccsc2)C1. The number of rotatable bonds is 5. The summed E-state index contributed by atoms with van der Waals surface area (Å²) in [5.74, 6) is 1.68. The van der Waals surface area contributed by atoms with E-state index in [1.807, 2.05) is 24.3 Å². The first-order chi connectivity index (χ1) is 17.7. The fourth-order valence-electron chi connectivity index (χ4n) is 6.21. The highest BCUT2D eigenvalue weighted by Gasteiger charge is 2.38. The predicted octanol–water partition coefficient (Wildman–Crippen LogP) is 7.40. The molecule has 2 unspecified atom stereocenters. The van der Waals surface area contributed by atoms with Gasteiger partial charge in [0.1, 0.15) is 0 Å². The molecule has 0 bridgehead atoms. The number of fused-ring (bicyclic) bond motifs is 1. The van der Waals surface area contributed by atoms with Crippen molar-refractivity contribution < 1.29 is 4.79 Å². The van der Waals surface area contributed by atoms with Crippen LogP contribution in [0.5, 0.6) is 0 Å². The van der Waals surface area contributed by atoms with E-state index in [0.29, 0.717) is 17.8 Å². The van der Waals surface area contributed by atoms with Gasteiger partial charge in [0.2, 0.25) is 0 Å². The predicted molar refractivity (Wildman–Crippen MR) is 153 cm³/mol. The number of nitrogens with zero attached hydrogens (tertiary/aromatic N) is 2. The Morgan fingerprint density at radius 2 is 1.61 bits per heavy atom. The Morgan fingerprint density at radius 1 is 0.861 bits per heavy atom. The van der Waals surface area contributed by atoms with E-state index in [1.165, 1.54) is 24.0 Å². The minimum atomic E-state index is 0.157. The van der Waals surface area contributed by atoms with Gasteiger partial charge in [-0.05, 0) is 88.6 Å². The smallest absolute Gasteiger partial charge is 0.254 e. The van der Waals surface area contributed by atoms with Crippen LogP contribution in [-0.2, 0) is 0 Å². The second-order valence-corrected chi connectivity index (χ2v) is 11.9. The molecule has 6 rings (SSSR count). The van der Waals surface area contributed by atoms with E-state index in [1.54, 1.807) is 11.3 Å². The molecule has 0 saturated carbocycles. The fraction of sp³-hybridized carbons (Fsp3) is 0.323. The van der Waals surface area contributed by atoms with Gasteiger partial charge in [-0.1, -0.05) is 70.5 Å². The van der Waals surface area contributed by atoms with Gasteiger partial charge in [0.25, 0.3) is 5.91 Å². The molecule has 2 aliphatic rings. The number of piperidine rings is 1. The lowest BCUT2D eigenvalue weighted by Crippen LogP contribution is -2.38. The molecule has 0 radical (unpaired) electrons. The highest BCUT2D eigenvalue weighted by Crippen LogP contribution is 2.37. The first-order valence-electron chi connectivity index (χ1n) is 12.9. The quantitative estimate of drug-likeness (QED) is 0.255. The maximum atomic E-state index is 13.8. The molecule has 1 amide bonds. The summed E-state index contributed by atoms with van der Waals surface area (Å²) in [5, 5.41) is 6.57. The van der Waals surface area contributed by atoms with E-state index in [0.717, 1.165) is 53.5 Å². The van der Waals surface area contributed by atoms with Crippen LogP contribution in [0.3, 0.4) is 0 Å². The Hall–Kier alpha value is -2.47. The van der Waals surface area contributed by atoms with Gasteiger partial charge in [-0.2, -0.15) is 11.3 Å². The van der Waals surface area contributed by atoms with Crippen LogP contribution in [-0.4, -0.2) is 48.4 Å². The minimum absolute atomic E-state index is 0.157. The molecular formula is C31H31BrN2OS. The Balaban J connectivity index is 1.19. The maximum Gasteiger partial charge on any atom is 0.254 e. The number of hydrogen-bond donors (Lipinski definition) is 0. The van der Waals surface area contributed by atoms with Gasteiger partial charge in [0.15, 0.2) is 0 Å². The zero-order chi connectivity index (χ0) is 24.5. The van der Waals surface area contributed by atoms with Gasteiger partial charge in [0, 0.05) is 35.6 Å². The van der Waals surface area contributed by atoms with E-state index in [-0.39, 0.29) is 5.91 Å². The molecule has 184 valence electrons. The van der Waals surface area contributed by atoms with E-state index < -0.39 is 0 Å². The van der Waals surface area contributed by atoms with Crippen LogP contribution < -0.4 is 0 Å². The number of hydrogen-bond acceptors (Lipinski definition) is 3. The monoisotopic (exact) mass is 558 g/mol. The topological polar surface area (TPSA) is 23.6 Å². The number of carbonyl (C=O) groups excluding carboxylic acids is 1. The van der Waals surface area contributed by atoms with Crippen molar-refractivity contribution in [3.8, 4) is 0 Å². The van der Waals surface area contributed by atoms with Crippen molar-refractivity contribution in [1.29, 1.82) is 0 Å². The molecular weight excluding hydrogens is 528 g/mol. The van der Waals surface area contributed by atoms with Crippen LogP contribution in [0.1, 0.15) is 46.2 Å². The summed E-state index contributed by atoms with van der Waals surface area (Å²) in [5.41, 5.74) is 3.68. The third-order valence-electron chi connectivity index (χ3n) is 8.15. The Bertz CT molecular complexity index is 1330. The summed E-state index contributed by atoms with van der Waals surface area (Å²) in [6.07, 6.45) is 2.43. The van der Waals surface area contributed by atoms with Crippen molar-refractivity contribution in [3.05, 3.63) is 105 Å². The normalized spacial score (nSPS) is 21.3. The molecule has 3 aromatic carbocycles. The molecule has 2 saturated heterocycles. The van der Waals surface area contributed by atoms with Crippen LogP contribution in [0.15, 0.2) is 88.0 Å². The summed E-state index contributed by atoms with van der Waals surface area (Å²) in [7, 11) is 0. The van der Waals surface area contributed by atoms with Crippen molar-refractivity contribution in [2.45, 2.75) is 24.7 Å². The second kappa shape index (κ2) is 10.5. The van der Waals surface area contributed by atoms with Gasteiger partial charge in [-0.15, -0.1) is 0 Å². The highest BCUT2D eigenvalue weighted by molar-refractivity contribution is 9.10. The molecule has 2 atom stereocenters. The van der Waals surface area contributed by atoms with Gasteiger partial charge in [-0.3, -0.25) is 4.79 Å². The van der Waals surface area contributed by atoms with Crippen molar-refractivity contribution in [2.24, 2.45) is 5.92 Å². The number of thiophene rings is 1. The summed E-state index contributed by atoms with van der Waals surface area (Å²) in [4.78, 5) is 18.6. The Morgan fingerprint density at radius 3 is 2.36 bits per heavy atom. The van der Waals surface area contributed by atoms with Crippen molar-refractivity contribution in [3.63, 3.8) is 0 Å². The van der Waals surface area contributed by atoms with E-state index >= 15 is 0 Å². The van der Waals surface area contributed by atoms with Gasteiger partial charge in [0.05, 0.1) is 0 Å². The Labute approximate surface area is 225 Å². The molecule has 2 aliphatic heterocycles. The highest BCUT2D eigenvalue weighted by atomic mass is 79.9. The summed E-state index contributed by atoms with van der Waals surface area (Å²) < 4.78 is 1.03. The van der Waals surface area contributed by atoms with Gasteiger partial charge < -0.3 is 9.80 Å². The number of likely N-dealkylation sites (tertiary alicyclic amines) is 2. The molecule has 0 aliphatic carbocycles. The molecule has 36 heavy (non-hydrogen) atoms. The van der Waals surface area contributed by atoms with Crippen molar-refractivity contribution >= 4 is 43.9 Å². The van der Waals surface area contributed by atoms with Crippen LogP contribution in [0, 0.1) is 5.92 Å². The molecule has 5 heteroatoms. The lowest BCUT2D eigenvalue weighted by Gasteiger charge is -2.34. The van der Waals surface area contributed by atoms with Crippen molar-refractivity contribution in [1.82, 2.24) is 9.80 Å². The summed E-state index contributed by atoms with van der Waals surface area (Å²) in [6.45, 7) is 4.95. The van der Waals surface area contributed by atoms with E-state index in [9.17, 15) is 4.79 Å². The number of benzene rings is 3. The maximum absolute atomic E-state index is 13.8. The molecule has 0 N–H and O–H groups in total. The summed E-state index contributed by atoms with van der Waals surface area (Å²) in [6, 6.07) is 25.4. The van der Waals surface area contributed by atoms with E-state index in [4.69, 9.17) is 0 Å². The zero-order valence-electron chi connectivity index (χ0n) is 20.4. The van der Waals surface area contributed by atoms with Crippen molar-refractivity contribution in [2.75, 3.05) is 32.7 Å². The number of amides is 1. The number of carbonyl (C=O) groups is 1. The van der Waals surface area contributed by atoms with Crippen LogP contribution in [0.2, 0.25) is 0 Å². The largest absolute Gasteiger partial charge is 0.338 e. The number of halogens is 1. The first kappa shape index (κ1) is 23.9. The lowest BCUT2D eigenvalue weighted by atomic mass is 9.87. The van der Waals surface area contributed by atoms with Gasteiger partial charge in [-0.25, -0.2) is 0 Å². The zero-order valence-corrected chi connectivity index (χ0v) is 22.8. The molecule has 3 nitrogen and oxygen atoms in total. The minimum Gasteiger partial charge on any atom is -0.338 e. The average molecular weight is 560 g/mol. The second-order valence-electron chi connectivity index (χ2n) is 10.3. The third kappa shape index (κ3) is 4.77.